The van der Waals surface area contributed by atoms with E-state index in [4.69, 9.17) is 0 Å². The Labute approximate surface area is 201 Å². The summed E-state index contributed by atoms with van der Waals surface area (Å²) in [5.41, 5.74) is 5.17. The van der Waals surface area contributed by atoms with Gasteiger partial charge in [0.2, 0.25) is 12.4 Å². The molecule has 0 unspecified atom stereocenters. The van der Waals surface area contributed by atoms with E-state index >= 15 is 0 Å². The maximum absolute atomic E-state index is 10.8. The van der Waals surface area contributed by atoms with Crippen LogP contribution in [0.4, 0.5) is 20.5 Å². The highest BCUT2D eigenvalue weighted by Crippen LogP contribution is 2.28. The number of rotatable bonds is 6. The SMILES string of the molecule is CC.CC(C)=Nc1ncc(-c2ccn3nc(NCC4CCCC4)ncc23)cc1C.CCC(F)F. The van der Waals surface area contributed by atoms with E-state index in [2.05, 4.69) is 37.5 Å². The second-order valence-corrected chi connectivity index (χ2v) is 8.40. The lowest BCUT2D eigenvalue weighted by atomic mass is 10.1. The lowest BCUT2D eigenvalue weighted by Crippen LogP contribution is -2.13. The molecule has 0 saturated heterocycles. The molecule has 34 heavy (non-hydrogen) atoms. The maximum Gasteiger partial charge on any atom is 0.241 e. The summed E-state index contributed by atoms with van der Waals surface area (Å²) in [7, 11) is 0. The molecule has 0 aromatic carbocycles. The number of alkyl halides is 2. The van der Waals surface area contributed by atoms with Crippen molar-refractivity contribution in [1.82, 2.24) is 19.6 Å². The van der Waals surface area contributed by atoms with Crippen molar-refractivity contribution < 1.29 is 8.78 Å². The lowest BCUT2D eigenvalue weighted by Gasteiger charge is -2.10. The average Bonchev–Trinajstić information content (AvgIpc) is 3.50. The number of aryl methyl sites for hydroxylation is 1. The van der Waals surface area contributed by atoms with Gasteiger partial charge in [-0.1, -0.05) is 33.6 Å². The summed E-state index contributed by atoms with van der Waals surface area (Å²) in [6, 6.07) is 4.19. The van der Waals surface area contributed by atoms with Crippen molar-refractivity contribution in [2.45, 2.75) is 80.1 Å². The number of fused-ring (bicyclic) bond motifs is 1. The molecule has 3 aromatic heterocycles. The first-order chi connectivity index (χ1) is 16.4. The highest BCUT2D eigenvalue weighted by atomic mass is 19.3. The molecule has 1 aliphatic rings. The smallest absolute Gasteiger partial charge is 0.241 e. The molecule has 6 nitrogen and oxygen atoms in total. The Balaban J connectivity index is 0.000000520. The number of anilines is 1. The van der Waals surface area contributed by atoms with Crippen molar-refractivity contribution in [2.75, 3.05) is 11.9 Å². The predicted octanol–water partition coefficient (Wildman–Crippen LogP) is 7.50. The fourth-order valence-corrected chi connectivity index (χ4v) is 3.72. The number of hydrogen-bond acceptors (Lipinski definition) is 5. The molecular weight excluding hydrogens is 434 g/mol. The Bertz CT molecular complexity index is 1050. The maximum atomic E-state index is 10.8. The van der Waals surface area contributed by atoms with Gasteiger partial charge in [-0.2, -0.15) is 0 Å². The predicted molar refractivity (Wildman–Crippen MR) is 137 cm³/mol. The molecule has 8 heteroatoms. The van der Waals surface area contributed by atoms with Crippen molar-refractivity contribution in [3.05, 3.63) is 36.3 Å². The molecule has 0 atom stereocenters. The van der Waals surface area contributed by atoms with Gasteiger partial charge in [0.05, 0.1) is 11.7 Å². The molecule has 3 aromatic rings. The van der Waals surface area contributed by atoms with E-state index in [1.165, 1.54) is 32.6 Å². The Morgan fingerprint density at radius 2 is 1.85 bits per heavy atom. The lowest BCUT2D eigenvalue weighted by molar-refractivity contribution is 0.144. The zero-order chi connectivity index (χ0) is 25.1. The highest BCUT2D eigenvalue weighted by molar-refractivity contribution is 5.83. The number of hydrogen-bond donors (Lipinski definition) is 1. The number of aliphatic imine (C=N–C) groups is 1. The van der Waals surface area contributed by atoms with Crippen LogP contribution in [-0.2, 0) is 0 Å². The van der Waals surface area contributed by atoms with Crippen molar-refractivity contribution in [1.29, 1.82) is 0 Å². The molecule has 0 radical (unpaired) electrons. The van der Waals surface area contributed by atoms with Gasteiger partial charge < -0.3 is 5.32 Å². The Kier molecular flexibility index (Phi) is 11.0. The monoisotopic (exact) mass is 472 g/mol. The summed E-state index contributed by atoms with van der Waals surface area (Å²) >= 11 is 0. The van der Waals surface area contributed by atoms with Gasteiger partial charge in [-0.05, 0) is 57.2 Å². The third kappa shape index (κ3) is 7.85. The zero-order valence-corrected chi connectivity index (χ0v) is 21.3. The first kappa shape index (κ1) is 27.3. The molecule has 1 aliphatic carbocycles. The minimum atomic E-state index is -2.12. The molecule has 186 valence electrons. The quantitative estimate of drug-likeness (QED) is 0.377. The van der Waals surface area contributed by atoms with Crippen LogP contribution in [0.3, 0.4) is 0 Å². The molecule has 1 fully saturated rings. The van der Waals surface area contributed by atoms with E-state index < -0.39 is 6.43 Å². The molecule has 0 bridgehead atoms. The number of halogens is 2. The standard InChI is InChI=1S/C21H26N6.C3H6F2.C2H6/c1-14(2)25-20-15(3)10-17(12-22-20)18-8-9-27-19(18)13-24-21(26-27)23-11-16-6-4-5-7-16;1-2-3(4)5;1-2/h8-10,12-13,16H,4-7,11H2,1-3H3,(H,23,26);3H,2H2,1H3;1-2H3. The van der Waals surface area contributed by atoms with E-state index in [0.717, 1.165) is 46.2 Å². The fourth-order valence-electron chi connectivity index (χ4n) is 3.72. The number of nitrogens with zero attached hydrogens (tertiary/aromatic N) is 5. The molecule has 4 rings (SSSR count). The largest absolute Gasteiger partial charge is 0.353 e. The van der Waals surface area contributed by atoms with Gasteiger partial charge >= 0.3 is 0 Å². The van der Waals surface area contributed by atoms with E-state index in [-0.39, 0.29) is 6.42 Å². The van der Waals surface area contributed by atoms with Gasteiger partial charge in [0.15, 0.2) is 5.82 Å². The second kappa shape index (κ2) is 13.7. The third-order valence-electron chi connectivity index (χ3n) is 5.44. The Hall–Kier alpha value is -2.90. The van der Waals surface area contributed by atoms with E-state index in [9.17, 15) is 8.78 Å². The van der Waals surface area contributed by atoms with Crippen molar-refractivity contribution in [2.24, 2.45) is 10.9 Å². The van der Waals surface area contributed by atoms with Gasteiger partial charge in [-0.3, -0.25) is 0 Å². The summed E-state index contributed by atoms with van der Waals surface area (Å²) in [4.78, 5) is 13.5. The summed E-state index contributed by atoms with van der Waals surface area (Å²) in [5, 5.41) is 8.01. The molecule has 0 spiro atoms. The van der Waals surface area contributed by atoms with Gasteiger partial charge in [-0.25, -0.2) is 28.3 Å². The molecular formula is C26H38F2N6. The van der Waals surface area contributed by atoms with Gasteiger partial charge in [0.1, 0.15) is 0 Å². The minimum Gasteiger partial charge on any atom is -0.353 e. The van der Waals surface area contributed by atoms with Crippen LogP contribution in [-0.4, -0.2) is 38.3 Å². The van der Waals surface area contributed by atoms with Gasteiger partial charge in [0, 0.05) is 42.2 Å². The van der Waals surface area contributed by atoms with Gasteiger partial charge in [0.25, 0.3) is 0 Å². The third-order valence-corrected chi connectivity index (χ3v) is 5.44. The molecule has 1 saturated carbocycles. The topological polar surface area (TPSA) is 67.5 Å². The van der Waals surface area contributed by atoms with Crippen LogP contribution in [0, 0.1) is 12.8 Å². The molecule has 1 N–H and O–H groups in total. The molecule has 0 amide bonds. The van der Waals surface area contributed by atoms with Crippen LogP contribution >= 0.6 is 0 Å². The first-order valence-corrected chi connectivity index (χ1v) is 12.2. The number of nitrogens with one attached hydrogen (secondary N) is 1. The normalized spacial score (nSPS) is 13.2. The highest BCUT2D eigenvalue weighted by Gasteiger charge is 2.15. The van der Waals surface area contributed by atoms with E-state index in [1.54, 1.807) is 0 Å². The molecule has 0 aliphatic heterocycles. The summed E-state index contributed by atoms with van der Waals surface area (Å²) < 4.78 is 23.4. The van der Waals surface area contributed by atoms with Crippen LogP contribution in [0.5, 0.6) is 0 Å². The number of pyridine rings is 1. The van der Waals surface area contributed by atoms with Gasteiger partial charge in [-0.15, -0.1) is 5.10 Å². The second-order valence-electron chi connectivity index (χ2n) is 8.40. The van der Waals surface area contributed by atoms with Crippen LogP contribution in [0.1, 0.15) is 72.3 Å². The van der Waals surface area contributed by atoms with Crippen LogP contribution in [0.25, 0.3) is 16.6 Å². The number of aromatic nitrogens is 4. The van der Waals surface area contributed by atoms with E-state index in [1.807, 2.05) is 57.7 Å². The zero-order valence-electron chi connectivity index (χ0n) is 21.3. The van der Waals surface area contributed by atoms with E-state index in [0.29, 0.717) is 5.95 Å². The summed E-state index contributed by atoms with van der Waals surface area (Å²) in [5.74, 6) is 2.22. The Morgan fingerprint density at radius 1 is 1.18 bits per heavy atom. The van der Waals surface area contributed by atoms with Crippen molar-refractivity contribution in [3.8, 4) is 11.1 Å². The first-order valence-electron chi connectivity index (χ1n) is 12.2. The van der Waals surface area contributed by atoms with Crippen molar-refractivity contribution in [3.63, 3.8) is 0 Å². The van der Waals surface area contributed by atoms with Crippen molar-refractivity contribution >= 4 is 23.0 Å². The molecule has 3 heterocycles. The van der Waals surface area contributed by atoms with Crippen LogP contribution in [0.2, 0.25) is 0 Å². The summed E-state index contributed by atoms with van der Waals surface area (Å²) in [6.07, 6.45) is 8.91. The van der Waals surface area contributed by atoms with Crippen LogP contribution < -0.4 is 5.32 Å². The minimum absolute atomic E-state index is 0.0278. The van der Waals surface area contributed by atoms with Crippen LogP contribution in [0.15, 0.2) is 35.7 Å². The average molecular weight is 473 g/mol. The summed E-state index contributed by atoms with van der Waals surface area (Å²) in [6.45, 7) is 12.4. The Morgan fingerprint density at radius 3 is 2.44 bits per heavy atom. The fraction of sp³-hybridized carbons (Fsp3) is 0.538.